The van der Waals surface area contributed by atoms with E-state index in [1.165, 1.54) is 0 Å². The van der Waals surface area contributed by atoms with Crippen LogP contribution in [-0.2, 0) is 13.1 Å². The van der Waals surface area contributed by atoms with Crippen molar-refractivity contribution in [1.82, 2.24) is 9.78 Å². The third kappa shape index (κ3) is 2.48. The molecule has 0 fully saturated rings. The van der Waals surface area contributed by atoms with Crippen LogP contribution in [0.4, 0.5) is 5.69 Å². The Balaban J connectivity index is 2.50. The van der Waals surface area contributed by atoms with E-state index in [4.69, 9.17) is 5.73 Å². The molecule has 6 nitrogen and oxygen atoms in total. The van der Waals surface area contributed by atoms with Gasteiger partial charge in [0, 0.05) is 30.3 Å². The maximum absolute atomic E-state index is 10.9. The molecule has 0 atom stereocenters. The molecule has 0 amide bonds. The number of rotatable bonds is 4. The molecule has 0 saturated heterocycles. The van der Waals surface area contributed by atoms with Gasteiger partial charge in [-0.3, -0.25) is 14.8 Å². The minimum absolute atomic E-state index is 0.109. The van der Waals surface area contributed by atoms with Crippen molar-refractivity contribution < 1.29 is 4.92 Å². The zero-order valence-electron chi connectivity index (χ0n) is 11.0. The molecule has 0 spiro atoms. The van der Waals surface area contributed by atoms with Crippen molar-refractivity contribution in [3.05, 3.63) is 45.6 Å². The number of nitro benzene ring substituents is 1. The summed E-state index contributed by atoms with van der Waals surface area (Å²) in [6.45, 7) is 4.82. The molecule has 2 aromatic rings. The fourth-order valence-corrected chi connectivity index (χ4v) is 2.00. The molecule has 1 aromatic carbocycles. The monoisotopic (exact) mass is 260 g/mol. The maximum Gasteiger partial charge on any atom is 0.272 e. The lowest BCUT2D eigenvalue weighted by Gasteiger charge is -2.01. The molecule has 0 aliphatic rings. The van der Waals surface area contributed by atoms with Crippen molar-refractivity contribution in [1.29, 1.82) is 0 Å². The number of hydrogen-bond donors (Lipinski definition) is 1. The lowest BCUT2D eigenvalue weighted by Crippen LogP contribution is -2.06. The predicted octanol–water partition coefficient (Wildman–Crippen LogP) is 2.25. The van der Waals surface area contributed by atoms with Crippen LogP contribution in [0.3, 0.4) is 0 Å². The third-order valence-corrected chi connectivity index (χ3v) is 3.07. The Morgan fingerprint density at radius 2 is 2.16 bits per heavy atom. The van der Waals surface area contributed by atoms with E-state index in [0.29, 0.717) is 17.8 Å². The number of nitro groups is 1. The third-order valence-electron chi connectivity index (χ3n) is 3.07. The first kappa shape index (κ1) is 13.2. The fraction of sp³-hybridized carbons (Fsp3) is 0.308. The zero-order valence-corrected chi connectivity index (χ0v) is 11.0. The maximum atomic E-state index is 10.9. The quantitative estimate of drug-likeness (QED) is 0.674. The first-order valence-electron chi connectivity index (χ1n) is 6.09. The molecule has 0 unspecified atom stereocenters. The summed E-state index contributed by atoms with van der Waals surface area (Å²) in [5, 5.41) is 15.4. The van der Waals surface area contributed by atoms with E-state index >= 15 is 0 Å². The van der Waals surface area contributed by atoms with Gasteiger partial charge in [-0.1, -0.05) is 12.1 Å². The molecule has 19 heavy (non-hydrogen) atoms. The molecule has 1 aromatic heterocycles. The van der Waals surface area contributed by atoms with Crippen LogP contribution in [0, 0.1) is 17.0 Å². The molecule has 0 aliphatic heterocycles. The van der Waals surface area contributed by atoms with E-state index in [2.05, 4.69) is 5.10 Å². The molecule has 6 heteroatoms. The molecule has 1 heterocycles. The predicted molar refractivity (Wildman–Crippen MR) is 72.6 cm³/mol. The Kier molecular flexibility index (Phi) is 3.62. The lowest BCUT2D eigenvalue weighted by molar-refractivity contribution is -0.385. The van der Waals surface area contributed by atoms with Crippen LogP contribution in [0.2, 0.25) is 0 Å². The van der Waals surface area contributed by atoms with Crippen molar-refractivity contribution in [2.45, 2.75) is 26.9 Å². The van der Waals surface area contributed by atoms with Crippen LogP contribution in [0.25, 0.3) is 11.3 Å². The van der Waals surface area contributed by atoms with Gasteiger partial charge >= 0.3 is 0 Å². The largest absolute Gasteiger partial charge is 0.325 e. The van der Waals surface area contributed by atoms with Gasteiger partial charge in [-0.2, -0.15) is 5.10 Å². The van der Waals surface area contributed by atoms with E-state index in [1.807, 2.05) is 19.1 Å². The van der Waals surface area contributed by atoms with Crippen LogP contribution in [0.1, 0.15) is 18.2 Å². The number of nitrogens with zero attached hydrogens (tertiary/aromatic N) is 3. The highest BCUT2D eigenvalue weighted by Crippen LogP contribution is 2.26. The molecule has 0 bridgehead atoms. The van der Waals surface area contributed by atoms with Gasteiger partial charge in [0.25, 0.3) is 5.69 Å². The van der Waals surface area contributed by atoms with Gasteiger partial charge in [-0.05, 0) is 19.9 Å². The van der Waals surface area contributed by atoms with E-state index in [9.17, 15) is 10.1 Å². The SMILES string of the molecule is CCn1nc(-c2ccc(C)c([N+](=O)[O-])c2)cc1CN. The van der Waals surface area contributed by atoms with E-state index in [-0.39, 0.29) is 10.6 Å². The van der Waals surface area contributed by atoms with Crippen LogP contribution >= 0.6 is 0 Å². The number of benzene rings is 1. The average molecular weight is 260 g/mol. The fourth-order valence-electron chi connectivity index (χ4n) is 2.00. The van der Waals surface area contributed by atoms with Gasteiger partial charge in [-0.25, -0.2) is 0 Å². The molecule has 100 valence electrons. The molecule has 0 radical (unpaired) electrons. The van der Waals surface area contributed by atoms with Crippen LogP contribution in [0.5, 0.6) is 0 Å². The molecule has 2 rings (SSSR count). The molecule has 2 N–H and O–H groups in total. The van der Waals surface area contributed by atoms with Gasteiger partial charge < -0.3 is 5.73 Å². The highest BCUT2D eigenvalue weighted by Gasteiger charge is 2.14. The Labute approximate surface area is 111 Å². The second-order valence-electron chi connectivity index (χ2n) is 4.30. The zero-order chi connectivity index (χ0) is 14.0. The summed E-state index contributed by atoms with van der Waals surface area (Å²) in [5.74, 6) is 0. The molecular formula is C13H16N4O2. The summed E-state index contributed by atoms with van der Waals surface area (Å²) in [4.78, 5) is 10.6. The van der Waals surface area contributed by atoms with Crippen LogP contribution in [-0.4, -0.2) is 14.7 Å². The number of nitrogens with two attached hydrogens (primary N) is 1. The Morgan fingerprint density at radius 1 is 1.42 bits per heavy atom. The van der Waals surface area contributed by atoms with Crippen molar-refractivity contribution >= 4 is 5.69 Å². The van der Waals surface area contributed by atoms with E-state index < -0.39 is 0 Å². The topological polar surface area (TPSA) is 87.0 Å². The second-order valence-corrected chi connectivity index (χ2v) is 4.30. The molecule has 0 saturated carbocycles. The highest BCUT2D eigenvalue weighted by molar-refractivity contribution is 5.64. The van der Waals surface area contributed by atoms with Gasteiger partial charge in [0.2, 0.25) is 0 Å². The van der Waals surface area contributed by atoms with Crippen molar-refractivity contribution in [3.63, 3.8) is 0 Å². The summed E-state index contributed by atoms with van der Waals surface area (Å²) < 4.78 is 1.81. The van der Waals surface area contributed by atoms with Gasteiger partial charge in [-0.15, -0.1) is 0 Å². The number of aromatic nitrogens is 2. The standard InChI is InChI=1S/C13H16N4O2/c1-3-16-11(8-14)7-12(15-16)10-5-4-9(2)13(6-10)17(18)19/h4-7H,3,8,14H2,1-2H3. The van der Waals surface area contributed by atoms with Gasteiger partial charge in [0.05, 0.1) is 16.3 Å². The van der Waals surface area contributed by atoms with Gasteiger partial charge in [0.1, 0.15) is 0 Å². The highest BCUT2D eigenvalue weighted by atomic mass is 16.6. The van der Waals surface area contributed by atoms with E-state index in [1.54, 1.807) is 23.7 Å². The van der Waals surface area contributed by atoms with Crippen LogP contribution < -0.4 is 5.73 Å². The van der Waals surface area contributed by atoms with Crippen molar-refractivity contribution in [2.75, 3.05) is 0 Å². The van der Waals surface area contributed by atoms with Crippen LogP contribution in [0.15, 0.2) is 24.3 Å². The molecular weight excluding hydrogens is 244 g/mol. The Bertz CT molecular complexity index is 598. The summed E-state index contributed by atoms with van der Waals surface area (Å²) in [6.07, 6.45) is 0. The molecule has 0 aliphatic carbocycles. The Morgan fingerprint density at radius 3 is 2.68 bits per heavy atom. The second kappa shape index (κ2) is 5.19. The van der Waals surface area contributed by atoms with Crippen molar-refractivity contribution in [2.24, 2.45) is 5.73 Å². The average Bonchev–Trinajstić information content (AvgIpc) is 2.82. The lowest BCUT2D eigenvalue weighted by atomic mass is 10.1. The summed E-state index contributed by atoms with van der Waals surface area (Å²) in [6, 6.07) is 7.00. The normalized spacial score (nSPS) is 10.7. The Hall–Kier alpha value is -2.21. The first-order chi connectivity index (χ1) is 9.06. The minimum Gasteiger partial charge on any atom is -0.325 e. The smallest absolute Gasteiger partial charge is 0.272 e. The number of aryl methyl sites for hydroxylation is 2. The first-order valence-corrected chi connectivity index (χ1v) is 6.09. The van der Waals surface area contributed by atoms with Crippen molar-refractivity contribution in [3.8, 4) is 11.3 Å². The number of hydrogen-bond acceptors (Lipinski definition) is 4. The van der Waals surface area contributed by atoms with E-state index in [0.717, 1.165) is 17.8 Å². The summed E-state index contributed by atoms with van der Waals surface area (Å²) in [7, 11) is 0. The van der Waals surface area contributed by atoms with Gasteiger partial charge in [0.15, 0.2) is 0 Å². The summed E-state index contributed by atoms with van der Waals surface area (Å²) >= 11 is 0. The summed E-state index contributed by atoms with van der Waals surface area (Å²) in [5.41, 5.74) is 8.77. The minimum atomic E-state index is -0.376.